The van der Waals surface area contributed by atoms with Crippen LogP contribution in [0.1, 0.15) is 43.6 Å². The second-order valence-corrected chi connectivity index (χ2v) is 8.27. The minimum absolute atomic E-state index is 0.0374. The van der Waals surface area contributed by atoms with Gasteiger partial charge in [-0.15, -0.1) is 11.8 Å². The highest BCUT2D eigenvalue weighted by Gasteiger charge is 2.21. The van der Waals surface area contributed by atoms with E-state index in [0.29, 0.717) is 11.3 Å². The Labute approximate surface area is 171 Å². The molecule has 0 atom stereocenters. The lowest BCUT2D eigenvalue weighted by molar-refractivity contribution is -0.116. The predicted molar refractivity (Wildman–Crippen MR) is 113 cm³/mol. The number of rotatable bonds is 6. The molecule has 0 unspecified atom stereocenters. The largest absolute Gasteiger partial charge is 0.489 e. The fourth-order valence-electron chi connectivity index (χ4n) is 2.44. The Kier molecular flexibility index (Phi) is 7.13. The SMILES string of the molecule is CSc1ccc(COc2ccc(N(C)C(C)=O)cc2)c(C(=O)OC(C)(C)C)c1. The van der Waals surface area contributed by atoms with Gasteiger partial charge in [0.1, 0.15) is 18.0 Å². The third kappa shape index (κ3) is 6.02. The van der Waals surface area contributed by atoms with E-state index < -0.39 is 5.60 Å². The molecule has 150 valence electrons. The summed E-state index contributed by atoms with van der Waals surface area (Å²) in [5.41, 5.74) is 1.49. The molecule has 0 aliphatic heterocycles. The summed E-state index contributed by atoms with van der Waals surface area (Å²) in [4.78, 5) is 26.6. The first-order valence-electron chi connectivity index (χ1n) is 8.98. The first-order chi connectivity index (χ1) is 13.1. The maximum Gasteiger partial charge on any atom is 0.339 e. The number of benzene rings is 2. The van der Waals surface area contributed by atoms with Crippen molar-refractivity contribution in [3.8, 4) is 5.75 Å². The summed E-state index contributed by atoms with van der Waals surface area (Å²) in [7, 11) is 1.72. The summed E-state index contributed by atoms with van der Waals surface area (Å²) in [5.74, 6) is 0.259. The molecule has 0 N–H and O–H groups in total. The lowest BCUT2D eigenvalue weighted by atomic mass is 10.1. The van der Waals surface area contributed by atoms with Gasteiger partial charge in [-0.1, -0.05) is 6.07 Å². The molecule has 0 bridgehead atoms. The molecule has 2 aromatic carbocycles. The average Bonchev–Trinajstić information content (AvgIpc) is 2.64. The van der Waals surface area contributed by atoms with Gasteiger partial charge in [-0.3, -0.25) is 4.79 Å². The Morgan fingerprint density at radius 1 is 1.07 bits per heavy atom. The van der Waals surface area contributed by atoms with Gasteiger partial charge in [0.2, 0.25) is 5.91 Å². The molecule has 0 fully saturated rings. The van der Waals surface area contributed by atoms with Crippen LogP contribution in [0.2, 0.25) is 0 Å². The van der Waals surface area contributed by atoms with E-state index in [2.05, 4.69) is 0 Å². The van der Waals surface area contributed by atoms with E-state index in [1.165, 1.54) is 6.92 Å². The van der Waals surface area contributed by atoms with E-state index in [1.54, 1.807) is 35.8 Å². The van der Waals surface area contributed by atoms with Crippen LogP contribution in [-0.4, -0.2) is 30.8 Å². The summed E-state index contributed by atoms with van der Waals surface area (Å²) in [6.07, 6.45) is 1.96. The molecule has 0 spiro atoms. The molecule has 0 saturated carbocycles. The lowest BCUT2D eigenvalue weighted by Gasteiger charge is -2.21. The first-order valence-corrected chi connectivity index (χ1v) is 10.2. The Bertz CT molecular complexity index is 841. The third-order valence-corrected chi connectivity index (χ3v) is 4.75. The van der Waals surface area contributed by atoms with Crippen molar-refractivity contribution in [1.29, 1.82) is 0 Å². The maximum atomic E-state index is 12.6. The zero-order valence-corrected chi connectivity index (χ0v) is 18.1. The number of anilines is 1. The van der Waals surface area contributed by atoms with Gasteiger partial charge in [0.15, 0.2) is 0 Å². The zero-order valence-electron chi connectivity index (χ0n) is 17.2. The second-order valence-electron chi connectivity index (χ2n) is 7.39. The van der Waals surface area contributed by atoms with Crippen molar-refractivity contribution in [2.45, 2.75) is 44.8 Å². The number of thioether (sulfide) groups is 1. The topological polar surface area (TPSA) is 55.8 Å². The monoisotopic (exact) mass is 401 g/mol. The molecule has 0 aliphatic rings. The summed E-state index contributed by atoms with van der Waals surface area (Å²) >= 11 is 1.57. The molecule has 0 saturated heterocycles. The molecule has 0 heterocycles. The first kappa shape index (κ1) is 21.8. The van der Waals surface area contributed by atoms with Crippen molar-refractivity contribution in [2.75, 3.05) is 18.2 Å². The number of nitrogens with zero attached hydrogens (tertiary/aromatic N) is 1. The van der Waals surface area contributed by atoms with Gasteiger partial charge < -0.3 is 14.4 Å². The van der Waals surface area contributed by atoms with Crippen molar-refractivity contribution >= 4 is 29.3 Å². The average molecular weight is 402 g/mol. The molecule has 0 radical (unpaired) electrons. The van der Waals surface area contributed by atoms with Gasteiger partial charge in [0.25, 0.3) is 0 Å². The highest BCUT2D eigenvalue weighted by Crippen LogP contribution is 2.24. The Hall–Kier alpha value is -2.47. The standard InChI is InChI=1S/C22H27NO4S/c1-15(24)23(5)17-8-10-18(11-9-17)26-14-16-7-12-19(28-6)13-20(16)21(25)27-22(2,3)4/h7-13H,14H2,1-6H3. The van der Waals surface area contributed by atoms with Crippen LogP contribution in [-0.2, 0) is 16.1 Å². The van der Waals surface area contributed by atoms with Crippen LogP contribution >= 0.6 is 11.8 Å². The minimum Gasteiger partial charge on any atom is -0.489 e. The van der Waals surface area contributed by atoms with Gasteiger partial charge >= 0.3 is 5.97 Å². The van der Waals surface area contributed by atoms with Crippen molar-refractivity contribution in [2.24, 2.45) is 0 Å². The summed E-state index contributed by atoms with van der Waals surface area (Å²) in [5, 5.41) is 0. The number of hydrogen-bond donors (Lipinski definition) is 0. The normalized spacial score (nSPS) is 11.1. The molecule has 2 aromatic rings. The van der Waals surface area contributed by atoms with E-state index in [9.17, 15) is 9.59 Å². The fraction of sp³-hybridized carbons (Fsp3) is 0.364. The van der Waals surface area contributed by atoms with E-state index in [-0.39, 0.29) is 18.5 Å². The summed E-state index contributed by atoms with van der Waals surface area (Å²) in [6.45, 7) is 7.29. The van der Waals surface area contributed by atoms with Crippen molar-refractivity contribution in [3.05, 3.63) is 53.6 Å². The van der Waals surface area contributed by atoms with Gasteiger partial charge in [-0.05, 0) is 63.4 Å². The summed E-state index contributed by atoms with van der Waals surface area (Å²) < 4.78 is 11.4. The van der Waals surface area contributed by atoms with Gasteiger partial charge in [-0.25, -0.2) is 4.79 Å². The lowest BCUT2D eigenvalue weighted by Crippen LogP contribution is -2.24. The Balaban J connectivity index is 2.17. The Morgan fingerprint density at radius 2 is 1.71 bits per heavy atom. The van der Waals surface area contributed by atoms with Crippen LogP contribution in [0.5, 0.6) is 5.75 Å². The van der Waals surface area contributed by atoms with E-state index in [0.717, 1.165) is 16.1 Å². The van der Waals surface area contributed by atoms with Crippen LogP contribution in [0.25, 0.3) is 0 Å². The van der Waals surface area contributed by atoms with Crippen molar-refractivity contribution < 1.29 is 19.1 Å². The zero-order chi connectivity index (χ0) is 20.9. The van der Waals surface area contributed by atoms with E-state index >= 15 is 0 Å². The number of hydrogen-bond acceptors (Lipinski definition) is 5. The summed E-state index contributed by atoms with van der Waals surface area (Å²) in [6, 6.07) is 12.9. The van der Waals surface area contributed by atoms with Crippen molar-refractivity contribution in [1.82, 2.24) is 0 Å². The van der Waals surface area contributed by atoms with E-state index in [4.69, 9.17) is 9.47 Å². The second kappa shape index (κ2) is 9.15. The third-order valence-electron chi connectivity index (χ3n) is 4.03. The van der Waals surface area contributed by atoms with Gasteiger partial charge in [0.05, 0.1) is 5.56 Å². The van der Waals surface area contributed by atoms with Crippen molar-refractivity contribution in [3.63, 3.8) is 0 Å². The minimum atomic E-state index is -0.566. The molecule has 2 rings (SSSR count). The number of ether oxygens (including phenoxy) is 2. The van der Waals surface area contributed by atoms with Crippen LogP contribution in [0.15, 0.2) is 47.4 Å². The van der Waals surface area contributed by atoms with E-state index in [1.807, 2.05) is 57.4 Å². The highest BCUT2D eigenvalue weighted by molar-refractivity contribution is 7.98. The van der Waals surface area contributed by atoms with Gasteiger partial charge in [0, 0.05) is 30.1 Å². The molecule has 6 heteroatoms. The molecular formula is C22H27NO4S. The molecule has 0 aliphatic carbocycles. The predicted octanol–water partition coefficient (Wildman–Crippen LogP) is 4.93. The quantitative estimate of drug-likeness (QED) is 0.508. The van der Waals surface area contributed by atoms with Crippen LogP contribution < -0.4 is 9.64 Å². The highest BCUT2D eigenvalue weighted by atomic mass is 32.2. The number of amides is 1. The fourth-order valence-corrected chi connectivity index (χ4v) is 2.88. The molecule has 0 aromatic heterocycles. The number of esters is 1. The molecule has 5 nitrogen and oxygen atoms in total. The smallest absolute Gasteiger partial charge is 0.339 e. The molecule has 28 heavy (non-hydrogen) atoms. The maximum absolute atomic E-state index is 12.6. The number of carbonyl (C=O) groups is 2. The molecular weight excluding hydrogens is 374 g/mol. The number of carbonyl (C=O) groups excluding carboxylic acids is 2. The van der Waals surface area contributed by atoms with Crippen LogP contribution in [0.4, 0.5) is 5.69 Å². The molecule has 1 amide bonds. The van der Waals surface area contributed by atoms with Crippen LogP contribution in [0.3, 0.4) is 0 Å². The van der Waals surface area contributed by atoms with Crippen LogP contribution in [0, 0.1) is 0 Å². The Morgan fingerprint density at radius 3 is 2.25 bits per heavy atom. The van der Waals surface area contributed by atoms with Gasteiger partial charge in [-0.2, -0.15) is 0 Å².